The zero-order valence-corrected chi connectivity index (χ0v) is 22.7. The van der Waals surface area contributed by atoms with Crippen LogP contribution in [0.1, 0.15) is 30.4 Å². The van der Waals surface area contributed by atoms with E-state index in [1.54, 1.807) is 17.0 Å². The SMILES string of the molecule is Cc1ccc(S(=O)(=O)OCCN2CCC(CS(=O)(=O)C3CCN(c4cc(C(F)(F)F)ccn4)CC3)C2)cc1. The van der Waals surface area contributed by atoms with Crippen molar-refractivity contribution in [3.63, 3.8) is 0 Å². The van der Waals surface area contributed by atoms with Gasteiger partial charge in [0.2, 0.25) is 0 Å². The molecule has 0 amide bonds. The first kappa shape index (κ1) is 28.8. The molecule has 0 bridgehead atoms. The number of rotatable bonds is 9. The Balaban J connectivity index is 1.23. The van der Waals surface area contributed by atoms with E-state index in [-0.39, 0.29) is 29.0 Å². The van der Waals surface area contributed by atoms with Crippen LogP contribution in [0.4, 0.5) is 19.0 Å². The second-order valence-corrected chi connectivity index (χ2v) is 13.9. The molecule has 2 aliphatic heterocycles. The van der Waals surface area contributed by atoms with Crippen LogP contribution in [-0.2, 0) is 30.3 Å². The predicted molar refractivity (Wildman–Crippen MR) is 137 cm³/mol. The summed E-state index contributed by atoms with van der Waals surface area (Å²) < 4.78 is 95.1. The van der Waals surface area contributed by atoms with Gasteiger partial charge in [-0.2, -0.15) is 21.6 Å². The summed E-state index contributed by atoms with van der Waals surface area (Å²) in [6, 6.07) is 8.32. The number of benzene rings is 1. The number of likely N-dealkylation sites (tertiary alicyclic amines) is 1. The van der Waals surface area contributed by atoms with Crippen LogP contribution in [0.5, 0.6) is 0 Å². The molecule has 1 unspecified atom stereocenters. The number of aromatic nitrogens is 1. The number of aryl methyl sites for hydroxylation is 1. The molecular formula is C25H32F3N3O5S2. The van der Waals surface area contributed by atoms with Crippen molar-refractivity contribution in [1.29, 1.82) is 0 Å². The molecule has 13 heteroatoms. The molecule has 2 aromatic rings. The number of pyridine rings is 1. The van der Waals surface area contributed by atoms with Crippen molar-refractivity contribution in [3.05, 3.63) is 53.7 Å². The number of halogens is 3. The van der Waals surface area contributed by atoms with Crippen LogP contribution in [0.15, 0.2) is 47.5 Å². The van der Waals surface area contributed by atoms with Gasteiger partial charge in [-0.1, -0.05) is 17.7 Å². The van der Waals surface area contributed by atoms with Crippen molar-refractivity contribution < 1.29 is 34.2 Å². The molecule has 1 aromatic carbocycles. The molecule has 2 saturated heterocycles. The number of hydrogen-bond donors (Lipinski definition) is 0. The van der Waals surface area contributed by atoms with E-state index in [0.29, 0.717) is 52.0 Å². The van der Waals surface area contributed by atoms with Crippen LogP contribution in [0, 0.1) is 12.8 Å². The van der Waals surface area contributed by atoms with Gasteiger partial charge in [0, 0.05) is 32.4 Å². The fourth-order valence-corrected chi connectivity index (χ4v) is 8.01. The summed E-state index contributed by atoms with van der Waals surface area (Å²) >= 11 is 0. The Kier molecular flexibility index (Phi) is 8.70. The molecule has 210 valence electrons. The molecule has 2 aliphatic rings. The highest BCUT2D eigenvalue weighted by Gasteiger charge is 2.35. The molecule has 0 radical (unpaired) electrons. The molecule has 0 spiro atoms. The van der Waals surface area contributed by atoms with Gasteiger partial charge in [-0.3, -0.25) is 4.18 Å². The third-order valence-corrected chi connectivity index (χ3v) is 10.9. The lowest BCUT2D eigenvalue weighted by molar-refractivity contribution is -0.137. The minimum absolute atomic E-state index is 0.0162. The van der Waals surface area contributed by atoms with Crippen LogP contribution in [0.3, 0.4) is 0 Å². The fraction of sp³-hybridized carbons (Fsp3) is 0.560. The van der Waals surface area contributed by atoms with Crippen molar-refractivity contribution in [2.75, 3.05) is 50.0 Å². The topological polar surface area (TPSA) is 96.9 Å². The first-order chi connectivity index (χ1) is 17.8. The fourth-order valence-electron chi connectivity index (χ4n) is 4.98. The predicted octanol–water partition coefficient (Wildman–Crippen LogP) is 3.52. The van der Waals surface area contributed by atoms with E-state index in [2.05, 4.69) is 4.98 Å². The van der Waals surface area contributed by atoms with Crippen molar-refractivity contribution >= 4 is 25.8 Å². The zero-order valence-electron chi connectivity index (χ0n) is 21.1. The Morgan fingerprint density at radius 3 is 2.34 bits per heavy atom. The van der Waals surface area contributed by atoms with Gasteiger partial charge >= 0.3 is 6.18 Å². The quantitative estimate of drug-likeness (QED) is 0.419. The second kappa shape index (κ2) is 11.5. The molecule has 1 aromatic heterocycles. The Bertz CT molecular complexity index is 1310. The van der Waals surface area contributed by atoms with Crippen molar-refractivity contribution in [2.45, 2.75) is 42.5 Å². The van der Waals surface area contributed by atoms with Crippen LogP contribution in [0.25, 0.3) is 0 Å². The summed E-state index contributed by atoms with van der Waals surface area (Å²) in [7, 11) is -7.24. The third kappa shape index (κ3) is 7.25. The maximum atomic E-state index is 13.1. The summed E-state index contributed by atoms with van der Waals surface area (Å²) in [5.74, 6) is 0.184. The van der Waals surface area contributed by atoms with Crippen molar-refractivity contribution in [2.24, 2.45) is 5.92 Å². The molecule has 0 saturated carbocycles. The first-order valence-corrected chi connectivity index (χ1v) is 15.6. The molecule has 2 fully saturated rings. The normalized spacial score (nSPS) is 20.2. The lowest BCUT2D eigenvalue weighted by Crippen LogP contribution is -2.41. The average molecular weight is 576 g/mol. The molecule has 8 nitrogen and oxygen atoms in total. The van der Waals surface area contributed by atoms with Gasteiger partial charge < -0.3 is 9.80 Å². The van der Waals surface area contributed by atoms with Crippen LogP contribution >= 0.6 is 0 Å². The van der Waals surface area contributed by atoms with E-state index < -0.39 is 36.9 Å². The van der Waals surface area contributed by atoms with E-state index in [0.717, 1.165) is 23.9 Å². The van der Waals surface area contributed by atoms with Crippen LogP contribution < -0.4 is 4.90 Å². The van der Waals surface area contributed by atoms with Gasteiger partial charge in [0.15, 0.2) is 9.84 Å². The van der Waals surface area contributed by atoms with Gasteiger partial charge in [-0.05, 0) is 62.9 Å². The molecule has 0 aliphatic carbocycles. The number of alkyl halides is 3. The first-order valence-electron chi connectivity index (χ1n) is 12.5. The van der Waals surface area contributed by atoms with Crippen LogP contribution in [-0.4, -0.2) is 77.1 Å². The highest BCUT2D eigenvalue weighted by Crippen LogP contribution is 2.32. The summed E-state index contributed by atoms with van der Waals surface area (Å²) in [6.45, 7) is 4.07. The number of nitrogens with zero attached hydrogens (tertiary/aromatic N) is 3. The maximum absolute atomic E-state index is 13.1. The Labute approximate surface area is 221 Å². The van der Waals surface area contributed by atoms with E-state index in [1.165, 1.54) is 12.1 Å². The van der Waals surface area contributed by atoms with E-state index in [4.69, 9.17) is 4.18 Å². The van der Waals surface area contributed by atoms with Gasteiger partial charge in [-0.25, -0.2) is 13.4 Å². The average Bonchev–Trinajstić information content (AvgIpc) is 3.30. The number of anilines is 1. The summed E-state index contributed by atoms with van der Waals surface area (Å²) in [5, 5.41) is -0.540. The Morgan fingerprint density at radius 2 is 1.68 bits per heavy atom. The van der Waals surface area contributed by atoms with E-state index >= 15 is 0 Å². The molecular weight excluding hydrogens is 543 g/mol. The highest BCUT2D eigenvalue weighted by atomic mass is 32.2. The van der Waals surface area contributed by atoms with Crippen molar-refractivity contribution in [3.8, 4) is 0 Å². The minimum atomic E-state index is -4.46. The van der Waals surface area contributed by atoms with Gasteiger partial charge in [0.25, 0.3) is 10.1 Å². The maximum Gasteiger partial charge on any atom is 0.416 e. The van der Waals surface area contributed by atoms with E-state index in [9.17, 15) is 30.0 Å². The van der Waals surface area contributed by atoms with Crippen LogP contribution in [0.2, 0.25) is 0 Å². The number of sulfone groups is 1. The second-order valence-electron chi connectivity index (χ2n) is 9.96. The van der Waals surface area contributed by atoms with Gasteiger partial charge in [-0.15, -0.1) is 0 Å². The number of piperidine rings is 1. The summed E-state index contributed by atoms with van der Waals surface area (Å²) in [4.78, 5) is 7.84. The molecule has 1 atom stereocenters. The lowest BCUT2D eigenvalue weighted by Gasteiger charge is -2.33. The summed E-state index contributed by atoms with van der Waals surface area (Å²) in [6.07, 6.45) is -1.98. The van der Waals surface area contributed by atoms with E-state index in [1.807, 2.05) is 11.8 Å². The molecule has 0 N–H and O–H groups in total. The number of hydrogen-bond acceptors (Lipinski definition) is 8. The molecule has 4 rings (SSSR count). The standard InChI is InChI=1S/C25H32F3N3O5S2/c1-19-2-4-23(5-3-19)38(34,35)36-15-14-30-11-7-20(17-30)18-37(32,33)22-8-12-31(13-9-22)24-16-21(6-10-29-24)25(26,27)28/h2-6,10,16,20,22H,7-9,11-15,17-18H2,1H3. The van der Waals surface area contributed by atoms with Gasteiger partial charge in [0.05, 0.1) is 28.1 Å². The largest absolute Gasteiger partial charge is 0.416 e. The highest BCUT2D eigenvalue weighted by molar-refractivity contribution is 7.92. The smallest absolute Gasteiger partial charge is 0.357 e. The summed E-state index contributed by atoms with van der Waals surface area (Å²) in [5.41, 5.74) is 0.168. The Hall–Kier alpha value is -2.22. The Morgan fingerprint density at radius 1 is 1.00 bits per heavy atom. The van der Waals surface area contributed by atoms with Crippen molar-refractivity contribution in [1.82, 2.24) is 9.88 Å². The molecule has 38 heavy (non-hydrogen) atoms. The molecule has 3 heterocycles. The third-order valence-electron chi connectivity index (χ3n) is 7.14. The minimum Gasteiger partial charge on any atom is -0.357 e. The monoisotopic (exact) mass is 575 g/mol. The lowest BCUT2D eigenvalue weighted by atomic mass is 10.1. The zero-order chi connectivity index (χ0) is 27.6. The van der Waals surface area contributed by atoms with Gasteiger partial charge in [0.1, 0.15) is 5.82 Å².